The van der Waals surface area contributed by atoms with Crippen molar-refractivity contribution in [1.82, 2.24) is 8.87 Å². The lowest BCUT2D eigenvalue weighted by molar-refractivity contribution is 0.278. The maximum atomic E-state index is 13.4. The van der Waals surface area contributed by atoms with Gasteiger partial charge < -0.3 is 14.4 Å². The molecule has 0 atom stereocenters. The summed E-state index contributed by atoms with van der Waals surface area (Å²) in [7, 11) is 1.86. The van der Waals surface area contributed by atoms with Crippen LogP contribution < -0.4 is 9.47 Å². The van der Waals surface area contributed by atoms with E-state index in [1.807, 2.05) is 26.2 Å². The first-order valence-corrected chi connectivity index (χ1v) is 11.5. The minimum Gasteiger partial charge on any atom is -0.497 e. The van der Waals surface area contributed by atoms with Gasteiger partial charge in [0.1, 0.15) is 11.5 Å². The molecule has 2 aromatic carbocycles. The van der Waals surface area contributed by atoms with Gasteiger partial charge in [0.15, 0.2) is 0 Å². The van der Waals surface area contributed by atoms with Gasteiger partial charge in [0.05, 0.1) is 24.1 Å². The lowest BCUT2D eigenvalue weighted by atomic mass is 10.0. The predicted molar refractivity (Wildman–Crippen MR) is 120 cm³/mol. The zero-order valence-electron chi connectivity index (χ0n) is 18.3. The quantitative estimate of drug-likeness (QED) is 0.473. The Morgan fingerprint density at radius 3 is 2.50 bits per heavy atom. The summed E-state index contributed by atoms with van der Waals surface area (Å²) in [5.41, 5.74) is 1.61. The Labute approximate surface area is 179 Å². The molecule has 162 valence electrons. The van der Waals surface area contributed by atoms with Crippen molar-refractivity contribution in [1.29, 1.82) is 0 Å². The van der Waals surface area contributed by atoms with Crippen molar-refractivity contribution in [2.45, 2.75) is 31.1 Å². The molecular formula is C23H30N2O4S. The fourth-order valence-corrected chi connectivity index (χ4v) is 4.75. The molecule has 0 fully saturated rings. The molecule has 3 rings (SSSR count). The van der Waals surface area contributed by atoms with Crippen molar-refractivity contribution in [3.63, 3.8) is 0 Å². The third kappa shape index (κ3) is 4.63. The van der Waals surface area contributed by atoms with Gasteiger partial charge in [0.25, 0.3) is 10.0 Å². The van der Waals surface area contributed by atoms with Gasteiger partial charge in [-0.05, 0) is 62.3 Å². The second-order valence-corrected chi connectivity index (χ2v) is 9.72. The van der Waals surface area contributed by atoms with Crippen LogP contribution in [-0.4, -0.2) is 51.6 Å². The second kappa shape index (κ2) is 9.10. The standard InChI is InChI=1S/C23H30N2O4S/c1-17(2)21-9-8-20(16-23(21)29-14-6-12-24(3)4)30(26,27)25-13-11-18-15-19(28-5)7-10-22(18)25/h7-11,13,15-17H,6,12,14H2,1-5H3. The normalized spacial score (nSPS) is 12.1. The lowest BCUT2D eigenvalue weighted by Gasteiger charge is -2.17. The number of benzene rings is 2. The lowest BCUT2D eigenvalue weighted by Crippen LogP contribution is -2.16. The van der Waals surface area contributed by atoms with Crippen LogP contribution in [-0.2, 0) is 10.0 Å². The van der Waals surface area contributed by atoms with Crippen LogP contribution in [0.3, 0.4) is 0 Å². The molecule has 30 heavy (non-hydrogen) atoms. The number of nitrogens with zero attached hydrogens (tertiary/aromatic N) is 2. The molecule has 6 nitrogen and oxygen atoms in total. The van der Waals surface area contributed by atoms with E-state index in [4.69, 9.17) is 9.47 Å². The van der Waals surface area contributed by atoms with E-state index >= 15 is 0 Å². The Kier molecular flexibility index (Phi) is 6.73. The average molecular weight is 431 g/mol. The van der Waals surface area contributed by atoms with Crippen LogP contribution in [0, 0.1) is 0 Å². The Bertz CT molecular complexity index is 1120. The number of aromatic nitrogens is 1. The van der Waals surface area contributed by atoms with Gasteiger partial charge in [-0.2, -0.15) is 0 Å². The van der Waals surface area contributed by atoms with Crippen LogP contribution in [0.25, 0.3) is 10.9 Å². The van der Waals surface area contributed by atoms with Crippen LogP contribution in [0.2, 0.25) is 0 Å². The largest absolute Gasteiger partial charge is 0.497 e. The first kappa shape index (κ1) is 22.2. The summed E-state index contributed by atoms with van der Waals surface area (Å²) in [5.74, 6) is 1.54. The van der Waals surface area contributed by atoms with E-state index in [1.165, 1.54) is 3.97 Å². The Hall–Kier alpha value is -2.51. The first-order valence-electron chi connectivity index (χ1n) is 10.1. The van der Waals surface area contributed by atoms with Crippen LogP contribution in [0.5, 0.6) is 11.5 Å². The van der Waals surface area contributed by atoms with E-state index in [1.54, 1.807) is 43.6 Å². The minimum atomic E-state index is -3.76. The highest BCUT2D eigenvalue weighted by molar-refractivity contribution is 7.90. The zero-order valence-corrected chi connectivity index (χ0v) is 19.1. The molecule has 1 aromatic heterocycles. The van der Waals surface area contributed by atoms with E-state index in [-0.39, 0.29) is 10.8 Å². The summed E-state index contributed by atoms with van der Waals surface area (Å²) in [4.78, 5) is 2.31. The van der Waals surface area contributed by atoms with Crippen LogP contribution >= 0.6 is 0 Å². The number of ether oxygens (including phenoxy) is 2. The topological polar surface area (TPSA) is 60.8 Å². The fourth-order valence-electron chi connectivity index (χ4n) is 3.39. The van der Waals surface area contributed by atoms with Gasteiger partial charge in [-0.1, -0.05) is 19.9 Å². The molecule has 0 aliphatic heterocycles. The minimum absolute atomic E-state index is 0.211. The number of methoxy groups -OCH3 is 1. The predicted octanol–water partition coefficient (Wildman–Crippen LogP) is 4.34. The van der Waals surface area contributed by atoms with E-state index in [0.29, 0.717) is 23.6 Å². The summed E-state index contributed by atoms with van der Waals surface area (Å²) in [6, 6.07) is 12.3. The van der Waals surface area contributed by atoms with Crippen LogP contribution in [0.15, 0.2) is 53.6 Å². The highest BCUT2D eigenvalue weighted by atomic mass is 32.2. The van der Waals surface area contributed by atoms with Crippen molar-refractivity contribution in [2.24, 2.45) is 0 Å². The average Bonchev–Trinajstić information content (AvgIpc) is 3.14. The van der Waals surface area contributed by atoms with E-state index in [9.17, 15) is 8.42 Å². The van der Waals surface area contributed by atoms with Crippen molar-refractivity contribution in [2.75, 3.05) is 34.4 Å². The maximum Gasteiger partial charge on any atom is 0.268 e. The van der Waals surface area contributed by atoms with Gasteiger partial charge in [-0.25, -0.2) is 12.4 Å². The molecule has 0 saturated heterocycles. The molecule has 0 bridgehead atoms. The molecule has 0 radical (unpaired) electrons. The monoisotopic (exact) mass is 430 g/mol. The SMILES string of the molecule is COc1ccc2c(ccn2S(=O)(=O)c2ccc(C(C)C)c(OCCCN(C)C)c2)c1. The second-order valence-electron chi connectivity index (χ2n) is 7.90. The molecule has 1 heterocycles. The Balaban J connectivity index is 1.96. The van der Waals surface area contributed by atoms with Crippen LogP contribution in [0.4, 0.5) is 0 Å². The van der Waals surface area contributed by atoms with Crippen molar-refractivity contribution in [3.8, 4) is 11.5 Å². The number of fused-ring (bicyclic) bond motifs is 1. The maximum absolute atomic E-state index is 13.4. The Morgan fingerprint density at radius 2 is 1.83 bits per heavy atom. The fraction of sp³-hybridized carbons (Fsp3) is 0.391. The molecule has 0 aliphatic rings. The Morgan fingerprint density at radius 1 is 1.07 bits per heavy atom. The number of hydrogen-bond acceptors (Lipinski definition) is 5. The van der Waals surface area contributed by atoms with Gasteiger partial charge in [0.2, 0.25) is 0 Å². The molecule has 0 N–H and O–H groups in total. The summed E-state index contributed by atoms with van der Waals surface area (Å²) in [6.45, 7) is 5.59. The molecule has 0 unspecified atom stereocenters. The molecule has 0 saturated carbocycles. The van der Waals surface area contributed by atoms with Crippen molar-refractivity contribution in [3.05, 3.63) is 54.2 Å². The third-order valence-electron chi connectivity index (χ3n) is 5.03. The summed E-state index contributed by atoms with van der Waals surface area (Å²) < 4.78 is 39.3. The van der Waals surface area contributed by atoms with Gasteiger partial charge >= 0.3 is 0 Å². The number of rotatable bonds is 9. The molecular weight excluding hydrogens is 400 g/mol. The van der Waals surface area contributed by atoms with Crippen molar-refractivity contribution < 1.29 is 17.9 Å². The van der Waals surface area contributed by atoms with Gasteiger partial charge in [-0.15, -0.1) is 0 Å². The molecule has 0 spiro atoms. The molecule has 0 amide bonds. The first-order chi connectivity index (χ1) is 14.2. The smallest absolute Gasteiger partial charge is 0.268 e. The summed E-state index contributed by atoms with van der Waals surface area (Å²) in [5, 5.41) is 0.803. The van der Waals surface area contributed by atoms with Crippen molar-refractivity contribution >= 4 is 20.9 Å². The van der Waals surface area contributed by atoms with E-state index in [2.05, 4.69) is 18.7 Å². The van der Waals surface area contributed by atoms with E-state index < -0.39 is 10.0 Å². The zero-order chi connectivity index (χ0) is 21.9. The molecule has 7 heteroatoms. The highest BCUT2D eigenvalue weighted by Gasteiger charge is 2.21. The van der Waals surface area contributed by atoms with E-state index in [0.717, 1.165) is 23.9 Å². The van der Waals surface area contributed by atoms with Gasteiger partial charge in [-0.3, -0.25) is 0 Å². The third-order valence-corrected chi connectivity index (χ3v) is 6.72. The highest BCUT2D eigenvalue weighted by Crippen LogP contribution is 2.32. The van der Waals surface area contributed by atoms with Crippen LogP contribution in [0.1, 0.15) is 31.7 Å². The molecule has 3 aromatic rings. The van der Waals surface area contributed by atoms with Gasteiger partial charge in [0, 0.05) is 24.2 Å². The number of hydrogen-bond donors (Lipinski definition) is 0. The summed E-state index contributed by atoms with van der Waals surface area (Å²) >= 11 is 0. The molecule has 0 aliphatic carbocycles. The summed E-state index contributed by atoms with van der Waals surface area (Å²) in [6.07, 6.45) is 2.44.